The molecular formula is C18H20Cl3N3O6S. The minimum absolute atomic E-state index is 0.0419. The van der Waals surface area contributed by atoms with E-state index < -0.39 is 32.7 Å². The molecule has 1 amide bonds. The van der Waals surface area contributed by atoms with Gasteiger partial charge in [-0.25, -0.2) is 9.48 Å². The van der Waals surface area contributed by atoms with E-state index in [2.05, 4.69) is 5.10 Å². The van der Waals surface area contributed by atoms with Crippen LogP contribution in [-0.4, -0.2) is 59.0 Å². The molecule has 0 fully saturated rings. The van der Waals surface area contributed by atoms with Crippen molar-refractivity contribution in [3.05, 3.63) is 27.2 Å². The number of nitrogens with zero attached hydrogens (tertiary/aromatic N) is 3. The molecule has 0 saturated heterocycles. The van der Waals surface area contributed by atoms with Gasteiger partial charge in [0.05, 0.1) is 22.6 Å². The highest BCUT2D eigenvalue weighted by Gasteiger charge is 2.37. The Labute approximate surface area is 194 Å². The van der Waals surface area contributed by atoms with Crippen LogP contribution in [-0.2, 0) is 21.4 Å². The van der Waals surface area contributed by atoms with Crippen LogP contribution in [0.1, 0.15) is 20.8 Å². The first-order valence-electron chi connectivity index (χ1n) is 9.01. The number of rotatable bonds is 3. The molecule has 0 spiro atoms. The summed E-state index contributed by atoms with van der Waals surface area (Å²) in [5.41, 5.74) is -0.807. The highest BCUT2D eigenvalue weighted by Crippen LogP contribution is 2.43. The molecular weight excluding hydrogens is 493 g/mol. The number of halogens is 3. The predicted octanol–water partition coefficient (Wildman–Crippen LogP) is 4.38. The zero-order chi connectivity index (χ0) is 23.3. The van der Waals surface area contributed by atoms with Crippen molar-refractivity contribution in [2.45, 2.75) is 43.9 Å². The van der Waals surface area contributed by atoms with Crippen LogP contribution in [0.4, 0.5) is 4.79 Å². The Morgan fingerprint density at radius 2 is 1.87 bits per heavy atom. The van der Waals surface area contributed by atoms with Gasteiger partial charge in [-0.1, -0.05) is 34.8 Å². The molecule has 0 unspecified atom stereocenters. The smallest absolute Gasteiger partial charge is 0.410 e. The first kappa shape index (κ1) is 23.9. The Morgan fingerprint density at radius 1 is 1.29 bits per heavy atom. The minimum atomic E-state index is -4.77. The number of likely N-dealkylation sites (N-methyl/N-ethyl adjacent to an activating group) is 1. The van der Waals surface area contributed by atoms with Gasteiger partial charge < -0.3 is 14.4 Å². The zero-order valence-electron chi connectivity index (χ0n) is 17.0. The van der Waals surface area contributed by atoms with E-state index >= 15 is 0 Å². The second kappa shape index (κ2) is 8.32. The fourth-order valence-corrected chi connectivity index (χ4v) is 4.77. The lowest BCUT2D eigenvalue weighted by Crippen LogP contribution is -2.47. The van der Waals surface area contributed by atoms with Crippen LogP contribution in [0, 0.1) is 0 Å². The summed E-state index contributed by atoms with van der Waals surface area (Å²) in [7, 11) is -3.23. The van der Waals surface area contributed by atoms with E-state index in [0.29, 0.717) is 0 Å². The number of benzene rings is 1. The van der Waals surface area contributed by atoms with Crippen LogP contribution >= 0.6 is 34.8 Å². The zero-order valence-corrected chi connectivity index (χ0v) is 20.1. The summed E-state index contributed by atoms with van der Waals surface area (Å²) < 4.78 is 46.3. The first-order valence-corrected chi connectivity index (χ1v) is 11.6. The monoisotopic (exact) mass is 511 g/mol. The third-order valence-corrected chi connectivity index (χ3v) is 6.09. The van der Waals surface area contributed by atoms with Gasteiger partial charge in [0.15, 0.2) is 4.90 Å². The Morgan fingerprint density at radius 3 is 2.39 bits per heavy atom. The molecule has 13 heteroatoms. The van der Waals surface area contributed by atoms with Crippen molar-refractivity contribution < 1.29 is 27.2 Å². The summed E-state index contributed by atoms with van der Waals surface area (Å²) in [6, 6.07) is 2.23. The van der Waals surface area contributed by atoms with Gasteiger partial charge in [-0.05, 0) is 32.9 Å². The Hall–Kier alpha value is -1.72. The molecule has 2 aromatic rings. The van der Waals surface area contributed by atoms with Gasteiger partial charge >= 0.3 is 16.2 Å². The van der Waals surface area contributed by atoms with Crippen molar-refractivity contribution >= 4 is 51.0 Å². The molecule has 1 aliphatic heterocycles. The normalized spacial score (nSPS) is 16.5. The van der Waals surface area contributed by atoms with E-state index in [-0.39, 0.29) is 45.4 Å². The van der Waals surface area contributed by atoms with Gasteiger partial charge in [0, 0.05) is 17.6 Å². The van der Waals surface area contributed by atoms with E-state index in [4.69, 9.17) is 44.3 Å². The summed E-state index contributed by atoms with van der Waals surface area (Å²) in [5.74, 6) is -0.187. The van der Waals surface area contributed by atoms with Gasteiger partial charge in [-0.3, -0.25) is 4.55 Å². The molecule has 0 saturated carbocycles. The lowest BCUT2D eigenvalue weighted by molar-refractivity contribution is 0.0101. The van der Waals surface area contributed by atoms with Crippen LogP contribution in [0.2, 0.25) is 15.1 Å². The first-order chi connectivity index (χ1) is 14.2. The fraction of sp³-hybridized carbons (Fsp3) is 0.444. The number of carbonyl (C=O) groups is 1. The lowest BCUT2D eigenvalue weighted by atomic mass is 10.1. The number of aromatic nitrogens is 2. The summed E-state index contributed by atoms with van der Waals surface area (Å²) in [4.78, 5) is 13.1. The SMILES string of the molecule is CN(C(=O)OC(C)(C)C)[C@H]1COc2c(S(=O)(=O)O)c(-c3c(Cl)cc(Cl)cc3Cl)nn2C1. The van der Waals surface area contributed by atoms with Crippen molar-refractivity contribution in [3.63, 3.8) is 0 Å². The molecule has 1 aliphatic rings. The van der Waals surface area contributed by atoms with Crippen molar-refractivity contribution in [3.8, 4) is 17.1 Å². The van der Waals surface area contributed by atoms with Gasteiger partial charge in [0.1, 0.15) is 17.9 Å². The van der Waals surface area contributed by atoms with E-state index in [1.807, 2.05) is 0 Å². The number of hydrogen-bond acceptors (Lipinski definition) is 6. The second-order valence-corrected chi connectivity index (χ2v) is 10.5. The van der Waals surface area contributed by atoms with Gasteiger partial charge in [0.2, 0.25) is 5.88 Å². The van der Waals surface area contributed by atoms with Crippen molar-refractivity contribution in [2.24, 2.45) is 0 Å². The summed E-state index contributed by atoms with van der Waals surface area (Å²) in [6.45, 7) is 5.26. The quantitative estimate of drug-likeness (QED) is 0.607. The van der Waals surface area contributed by atoms with Crippen LogP contribution < -0.4 is 4.74 Å². The second-order valence-electron chi connectivity index (χ2n) is 7.94. The van der Waals surface area contributed by atoms with Crippen LogP contribution in [0.5, 0.6) is 5.88 Å². The molecule has 31 heavy (non-hydrogen) atoms. The Balaban J connectivity index is 2.04. The Bertz CT molecular complexity index is 1120. The van der Waals surface area contributed by atoms with Gasteiger partial charge in [-0.2, -0.15) is 13.5 Å². The third-order valence-electron chi connectivity index (χ3n) is 4.39. The number of amides is 1. The van der Waals surface area contributed by atoms with Crippen molar-refractivity contribution in [1.29, 1.82) is 0 Å². The predicted molar refractivity (Wildman–Crippen MR) is 116 cm³/mol. The van der Waals surface area contributed by atoms with E-state index in [1.165, 1.54) is 28.8 Å². The van der Waals surface area contributed by atoms with Gasteiger partial charge in [-0.15, -0.1) is 0 Å². The average Bonchev–Trinajstić information content (AvgIpc) is 2.96. The minimum Gasteiger partial charge on any atom is -0.475 e. The molecule has 3 rings (SSSR count). The number of ether oxygens (including phenoxy) is 2. The Kier molecular flexibility index (Phi) is 6.43. The lowest BCUT2D eigenvalue weighted by Gasteiger charge is -2.33. The fourth-order valence-electron chi connectivity index (χ4n) is 3.00. The highest BCUT2D eigenvalue weighted by atomic mass is 35.5. The maximum atomic E-state index is 12.4. The average molecular weight is 513 g/mol. The molecule has 1 aromatic heterocycles. The molecule has 170 valence electrons. The van der Waals surface area contributed by atoms with E-state index in [0.717, 1.165) is 0 Å². The van der Waals surface area contributed by atoms with E-state index in [9.17, 15) is 17.8 Å². The summed E-state index contributed by atoms with van der Waals surface area (Å²) >= 11 is 18.4. The highest BCUT2D eigenvalue weighted by molar-refractivity contribution is 7.86. The van der Waals surface area contributed by atoms with Crippen LogP contribution in [0.3, 0.4) is 0 Å². The summed E-state index contributed by atoms with van der Waals surface area (Å²) in [5, 5.41) is 4.59. The van der Waals surface area contributed by atoms with Crippen molar-refractivity contribution in [2.75, 3.05) is 13.7 Å². The molecule has 2 heterocycles. The molecule has 9 nitrogen and oxygen atoms in total. The molecule has 1 aromatic carbocycles. The maximum Gasteiger partial charge on any atom is 0.410 e. The van der Waals surface area contributed by atoms with Gasteiger partial charge in [0.25, 0.3) is 0 Å². The molecule has 0 aliphatic carbocycles. The van der Waals surface area contributed by atoms with Crippen LogP contribution in [0.25, 0.3) is 11.3 Å². The maximum absolute atomic E-state index is 12.4. The number of hydrogen-bond donors (Lipinski definition) is 1. The topological polar surface area (TPSA) is 111 Å². The molecule has 0 radical (unpaired) electrons. The standard InChI is InChI=1S/C18H20Cl3N3O6S/c1-18(2,3)30-17(25)23(4)10-7-24-16(29-8-10)15(31(26,27)28)14(22-24)13-11(20)5-9(19)6-12(13)21/h5-6,10H,7-8H2,1-4H3,(H,26,27,28)/t10-/m1/s1. The van der Waals surface area contributed by atoms with Crippen molar-refractivity contribution in [1.82, 2.24) is 14.7 Å². The van der Waals surface area contributed by atoms with Crippen LogP contribution in [0.15, 0.2) is 17.0 Å². The summed E-state index contributed by atoms with van der Waals surface area (Å²) in [6.07, 6.45) is -0.573. The molecule has 0 bridgehead atoms. The largest absolute Gasteiger partial charge is 0.475 e. The molecule has 1 N–H and O–H groups in total. The number of fused-ring (bicyclic) bond motifs is 1. The number of carbonyl (C=O) groups excluding carboxylic acids is 1. The molecule has 1 atom stereocenters. The van der Waals surface area contributed by atoms with E-state index in [1.54, 1.807) is 20.8 Å². The third kappa shape index (κ3) is 5.04.